The van der Waals surface area contributed by atoms with Crippen LogP contribution in [0.2, 0.25) is 5.02 Å². The second-order valence-electron chi connectivity index (χ2n) is 6.58. The highest BCUT2D eigenvalue weighted by molar-refractivity contribution is 7.98. The summed E-state index contributed by atoms with van der Waals surface area (Å²) < 4.78 is 19.7. The third-order valence-electron chi connectivity index (χ3n) is 4.21. The molecule has 0 aliphatic carbocycles. The third kappa shape index (κ3) is 4.89. The molecular formula is C21H16ClFN4O3S. The molecule has 10 heteroatoms. The first-order valence-corrected chi connectivity index (χ1v) is 10.5. The van der Waals surface area contributed by atoms with Crippen LogP contribution in [-0.2, 0) is 5.75 Å². The summed E-state index contributed by atoms with van der Waals surface area (Å²) in [6, 6.07) is 13.8. The molecule has 2 aromatic carbocycles. The number of nitrogens with one attached hydrogen (secondary N) is 2. The van der Waals surface area contributed by atoms with E-state index in [2.05, 4.69) is 15.6 Å². The standard InChI is InChI=1S/C21H16ClFN4O3S/c1-12-8-19-24-14(10-20(28)27(19)30-12)11-31-18-5-3-2-4-17(18)26-21(29)25-13-6-7-16(23)15(22)9-13/h2-10H,11H2,1H3,(H2,25,26,29). The van der Waals surface area contributed by atoms with Crippen molar-refractivity contribution in [1.29, 1.82) is 0 Å². The molecule has 4 aromatic rings. The smallest absolute Gasteiger partial charge is 0.323 e. The van der Waals surface area contributed by atoms with Gasteiger partial charge in [-0.3, -0.25) is 4.79 Å². The summed E-state index contributed by atoms with van der Waals surface area (Å²) >= 11 is 7.17. The monoisotopic (exact) mass is 458 g/mol. The number of benzene rings is 2. The first-order valence-electron chi connectivity index (χ1n) is 9.13. The summed E-state index contributed by atoms with van der Waals surface area (Å²) in [7, 11) is 0. The van der Waals surface area contributed by atoms with Gasteiger partial charge in [-0.25, -0.2) is 14.2 Å². The Hall–Kier alpha value is -3.30. The van der Waals surface area contributed by atoms with E-state index in [0.717, 1.165) is 9.47 Å². The molecule has 0 spiro atoms. The van der Waals surface area contributed by atoms with Gasteiger partial charge < -0.3 is 15.2 Å². The minimum atomic E-state index is -0.564. The van der Waals surface area contributed by atoms with Crippen molar-refractivity contribution >= 4 is 46.4 Å². The predicted octanol–water partition coefficient (Wildman–Crippen LogP) is 5.32. The molecule has 0 unspecified atom stereocenters. The number of anilines is 2. The average Bonchev–Trinajstić information content (AvgIpc) is 3.11. The lowest BCUT2D eigenvalue weighted by Gasteiger charge is -2.12. The maximum atomic E-state index is 13.3. The van der Waals surface area contributed by atoms with Crippen LogP contribution in [0.5, 0.6) is 0 Å². The number of aromatic nitrogens is 2. The van der Waals surface area contributed by atoms with Crippen molar-refractivity contribution in [2.45, 2.75) is 17.6 Å². The van der Waals surface area contributed by atoms with E-state index in [0.29, 0.717) is 34.2 Å². The van der Waals surface area contributed by atoms with E-state index >= 15 is 0 Å². The van der Waals surface area contributed by atoms with Crippen LogP contribution < -0.4 is 16.2 Å². The van der Waals surface area contributed by atoms with Gasteiger partial charge in [-0.15, -0.1) is 16.3 Å². The summed E-state index contributed by atoms with van der Waals surface area (Å²) in [6.45, 7) is 1.75. The number of nitrogens with zero attached hydrogens (tertiary/aromatic N) is 2. The second kappa shape index (κ2) is 8.83. The van der Waals surface area contributed by atoms with E-state index in [1.165, 1.54) is 36.0 Å². The maximum Gasteiger partial charge on any atom is 0.323 e. The Bertz CT molecular complexity index is 1340. The Balaban J connectivity index is 1.46. The Labute approximate surface area is 185 Å². The highest BCUT2D eigenvalue weighted by atomic mass is 35.5. The van der Waals surface area contributed by atoms with Gasteiger partial charge >= 0.3 is 6.03 Å². The maximum absolute atomic E-state index is 13.3. The Morgan fingerprint density at radius 3 is 2.81 bits per heavy atom. The minimum absolute atomic E-state index is 0.0815. The Kier molecular flexibility index (Phi) is 5.97. The van der Waals surface area contributed by atoms with Crippen LogP contribution in [-0.4, -0.2) is 15.6 Å². The van der Waals surface area contributed by atoms with Crippen LogP contribution in [0.15, 0.2) is 68.8 Å². The van der Waals surface area contributed by atoms with E-state index in [9.17, 15) is 14.0 Å². The Morgan fingerprint density at radius 2 is 2.00 bits per heavy atom. The van der Waals surface area contributed by atoms with Gasteiger partial charge in [0.25, 0.3) is 5.56 Å². The molecule has 2 N–H and O–H groups in total. The predicted molar refractivity (Wildman–Crippen MR) is 119 cm³/mol. The molecular weight excluding hydrogens is 443 g/mol. The van der Waals surface area contributed by atoms with Gasteiger partial charge in [0.1, 0.15) is 11.6 Å². The number of hydrogen-bond acceptors (Lipinski definition) is 5. The number of halogens is 2. The molecule has 0 saturated carbocycles. The number of thioether (sulfide) groups is 1. The third-order valence-corrected chi connectivity index (χ3v) is 5.61. The minimum Gasteiger partial charge on any atom is -0.375 e. The number of carbonyl (C=O) groups excluding carboxylic acids is 1. The molecule has 0 aliphatic rings. The average molecular weight is 459 g/mol. The summed E-state index contributed by atoms with van der Waals surface area (Å²) in [6.07, 6.45) is 0. The fourth-order valence-electron chi connectivity index (χ4n) is 2.85. The van der Waals surface area contributed by atoms with Crippen molar-refractivity contribution in [3.63, 3.8) is 0 Å². The van der Waals surface area contributed by atoms with Gasteiger partial charge in [0.05, 0.1) is 16.4 Å². The molecule has 0 saturated heterocycles. The molecule has 158 valence electrons. The molecule has 31 heavy (non-hydrogen) atoms. The van der Waals surface area contributed by atoms with E-state index in [1.807, 2.05) is 12.1 Å². The van der Waals surface area contributed by atoms with Crippen molar-refractivity contribution in [2.75, 3.05) is 10.6 Å². The SMILES string of the molecule is Cc1cc2nc(CSc3ccccc3NC(=O)Nc3ccc(F)c(Cl)c3)cc(=O)n2o1. The van der Waals surface area contributed by atoms with Gasteiger partial charge in [-0.05, 0) is 37.3 Å². The number of carbonyl (C=O) groups is 1. The van der Waals surface area contributed by atoms with Crippen LogP contribution in [0.4, 0.5) is 20.6 Å². The fourth-order valence-corrected chi connectivity index (χ4v) is 3.93. The normalized spacial score (nSPS) is 10.9. The van der Waals surface area contributed by atoms with Crippen molar-refractivity contribution in [2.24, 2.45) is 0 Å². The van der Waals surface area contributed by atoms with Crippen LogP contribution in [0.3, 0.4) is 0 Å². The van der Waals surface area contributed by atoms with E-state index < -0.39 is 11.8 Å². The van der Waals surface area contributed by atoms with Crippen molar-refractivity contribution in [3.05, 3.63) is 87.2 Å². The molecule has 7 nitrogen and oxygen atoms in total. The van der Waals surface area contributed by atoms with E-state index in [1.54, 1.807) is 25.1 Å². The number of amides is 2. The number of rotatable bonds is 5. The number of hydrogen-bond donors (Lipinski definition) is 2. The zero-order valence-electron chi connectivity index (χ0n) is 16.2. The molecule has 4 rings (SSSR count). The lowest BCUT2D eigenvalue weighted by molar-refractivity contribution is 0.262. The first-order chi connectivity index (χ1) is 14.9. The zero-order valence-corrected chi connectivity index (χ0v) is 17.8. The molecule has 2 heterocycles. The van der Waals surface area contributed by atoms with Gasteiger partial charge in [0.15, 0.2) is 5.65 Å². The fraction of sp³-hybridized carbons (Fsp3) is 0.0952. The highest BCUT2D eigenvalue weighted by Gasteiger charge is 2.11. The largest absolute Gasteiger partial charge is 0.375 e. The van der Waals surface area contributed by atoms with Crippen molar-refractivity contribution in [3.8, 4) is 0 Å². The van der Waals surface area contributed by atoms with Crippen LogP contribution >= 0.6 is 23.4 Å². The summed E-state index contributed by atoms with van der Waals surface area (Å²) in [5, 5.41) is 5.30. The number of para-hydroxylation sites is 1. The number of fused-ring (bicyclic) bond motifs is 1. The summed E-state index contributed by atoms with van der Waals surface area (Å²) in [4.78, 5) is 29.8. The van der Waals surface area contributed by atoms with Gasteiger partial charge in [0.2, 0.25) is 0 Å². The first kappa shape index (κ1) is 21.0. The zero-order chi connectivity index (χ0) is 22.0. The molecule has 0 atom stereocenters. The summed E-state index contributed by atoms with van der Waals surface area (Å²) in [5.41, 5.74) is 1.69. The van der Waals surface area contributed by atoms with E-state index in [-0.39, 0.29) is 10.6 Å². The van der Waals surface area contributed by atoms with E-state index in [4.69, 9.17) is 16.1 Å². The van der Waals surface area contributed by atoms with Gasteiger partial charge in [-0.1, -0.05) is 23.7 Å². The lowest BCUT2D eigenvalue weighted by atomic mass is 10.3. The number of aryl methyl sites for hydroxylation is 1. The van der Waals surface area contributed by atoms with Crippen LogP contribution in [0.1, 0.15) is 11.5 Å². The molecule has 2 amide bonds. The highest BCUT2D eigenvalue weighted by Crippen LogP contribution is 2.29. The topological polar surface area (TPSA) is 88.6 Å². The van der Waals surface area contributed by atoms with Gasteiger partial charge in [-0.2, -0.15) is 0 Å². The van der Waals surface area contributed by atoms with Crippen LogP contribution in [0.25, 0.3) is 5.65 Å². The second-order valence-corrected chi connectivity index (χ2v) is 8.00. The quantitative estimate of drug-likeness (QED) is 0.395. The van der Waals surface area contributed by atoms with Crippen molar-refractivity contribution < 1.29 is 13.7 Å². The lowest BCUT2D eigenvalue weighted by Crippen LogP contribution is -2.19. The van der Waals surface area contributed by atoms with Crippen LogP contribution in [0, 0.1) is 12.7 Å². The summed E-state index contributed by atoms with van der Waals surface area (Å²) in [5.74, 6) is 0.452. The number of urea groups is 1. The van der Waals surface area contributed by atoms with Crippen molar-refractivity contribution in [1.82, 2.24) is 9.56 Å². The molecule has 2 aromatic heterocycles. The molecule has 0 aliphatic heterocycles. The molecule has 0 bridgehead atoms. The Morgan fingerprint density at radius 1 is 1.19 bits per heavy atom. The molecule has 0 fully saturated rings. The van der Waals surface area contributed by atoms with Gasteiger partial charge in [0, 0.05) is 28.5 Å². The molecule has 0 radical (unpaired) electrons.